The summed E-state index contributed by atoms with van der Waals surface area (Å²) in [6, 6.07) is 18.1. The van der Waals surface area contributed by atoms with Gasteiger partial charge in [0.25, 0.3) is 0 Å². The van der Waals surface area contributed by atoms with Gasteiger partial charge in [0, 0.05) is 17.3 Å². The quantitative estimate of drug-likeness (QED) is 0.666. The maximum absolute atomic E-state index is 6.10. The molecule has 20 heavy (non-hydrogen) atoms. The Morgan fingerprint density at radius 3 is 2.50 bits per heavy atom. The molecule has 104 valence electrons. The summed E-state index contributed by atoms with van der Waals surface area (Å²) in [5.74, 6) is 0.750. The lowest BCUT2D eigenvalue weighted by atomic mass is 10.2. The zero-order valence-electron chi connectivity index (χ0n) is 11.1. The number of nitrogens with zero attached hydrogens (tertiary/aromatic N) is 1. The molecule has 2 aromatic rings. The number of hydrogen-bond acceptors (Lipinski definition) is 2. The molecule has 0 unspecified atom stereocenters. The summed E-state index contributed by atoms with van der Waals surface area (Å²) in [7, 11) is 0. The normalized spacial score (nSPS) is 11.6. The molecule has 0 aromatic heterocycles. The van der Waals surface area contributed by atoms with E-state index in [1.54, 1.807) is 0 Å². The number of amidine groups is 1. The molecular formula is C16H17ClN2S. The molecule has 2 aromatic carbocycles. The van der Waals surface area contributed by atoms with Crippen molar-refractivity contribution in [2.24, 2.45) is 10.7 Å². The summed E-state index contributed by atoms with van der Waals surface area (Å²) in [5, 5.41) is 1.39. The fraction of sp³-hybridized carbons (Fsp3) is 0.188. The first-order chi connectivity index (χ1) is 9.75. The van der Waals surface area contributed by atoms with Crippen molar-refractivity contribution in [1.29, 1.82) is 0 Å². The average molecular weight is 305 g/mol. The summed E-state index contributed by atoms with van der Waals surface area (Å²) in [6.07, 6.45) is 0.911. The van der Waals surface area contributed by atoms with E-state index in [4.69, 9.17) is 17.3 Å². The molecule has 2 rings (SSSR count). The highest BCUT2D eigenvalue weighted by molar-refractivity contribution is 8.13. The topological polar surface area (TPSA) is 38.4 Å². The maximum atomic E-state index is 6.10. The van der Waals surface area contributed by atoms with Gasteiger partial charge in [-0.15, -0.1) is 0 Å². The number of halogens is 1. The van der Waals surface area contributed by atoms with E-state index in [1.807, 2.05) is 42.5 Å². The lowest BCUT2D eigenvalue weighted by molar-refractivity contribution is 0.970. The molecule has 2 nitrogen and oxygen atoms in total. The fourth-order valence-electron chi connectivity index (χ4n) is 1.75. The molecule has 0 saturated carbocycles. The number of thioether (sulfide) groups is 1. The Morgan fingerprint density at radius 1 is 1.05 bits per heavy atom. The van der Waals surface area contributed by atoms with Crippen LogP contribution in [-0.2, 0) is 12.2 Å². The summed E-state index contributed by atoms with van der Waals surface area (Å²) in [5.41, 5.74) is 8.27. The van der Waals surface area contributed by atoms with Crippen molar-refractivity contribution in [3.63, 3.8) is 0 Å². The average Bonchev–Trinajstić information content (AvgIpc) is 2.47. The van der Waals surface area contributed by atoms with Crippen LogP contribution in [0.1, 0.15) is 11.1 Å². The molecule has 2 N–H and O–H groups in total. The monoisotopic (exact) mass is 304 g/mol. The largest absolute Gasteiger partial charge is 0.379 e. The van der Waals surface area contributed by atoms with Gasteiger partial charge < -0.3 is 5.73 Å². The molecule has 0 bridgehead atoms. The van der Waals surface area contributed by atoms with Gasteiger partial charge in [-0.25, -0.2) is 0 Å². The first-order valence-corrected chi connectivity index (χ1v) is 7.82. The highest BCUT2D eigenvalue weighted by atomic mass is 35.5. The van der Waals surface area contributed by atoms with Gasteiger partial charge in [0.1, 0.15) is 0 Å². The number of nitrogens with two attached hydrogens (primary N) is 1. The van der Waals surface area contributed by atoms with Gasteiger partial charge >= 0.3 is 0 Å². The molecule has 4 heteroatoms. The Balaban J connectivity index is 1.78. The first-order valence-electron chi connectivity index (χ1n) is 6.46. The minimum Gasteiger partial charge on any atom is -0.379 e. The van der Waals surface area contributed by atoms with E-state index in [2.05, 4.69) is 17.1 Å². The molecule has 0 amide bonds. The van der Waals surface area contributed by atoms with Gasteiger partial charge in [0.05, 0.1) is 0 Å². The van der Waals surface area contributed by atoms with Crippen LogP contribution in [0.15, 0.2) is 59.6 Å². The van der Waals surface area contributed by atoms with Crippen molar-refractivity contribution in [2.45, 2.75) is 12.2 Å². The molecule has 0 atom stereocenters. The van der Waals surface area contributed by atoms with Crippen molar-refractivity contribution in [2.75, 3.05) is 6.54 Å². The summed E-state index contributed by atoms with van der Waals surface area (Å²) < 4.78 is 0. The SMILES string of the molecule is NC(=NCCc1ccccc1)SCc1ccccc1Cl. The van der Waals surface area contributed by atoms with Crippen LogP contribution >= 0.6 is 23.4 Å². The molecule has 0 aliphatic rings. The second kappa shape index (κ2) is 7.98. The van der Waals surface area contributed by atoms with Crippen LogP contribution in [0.3, 0.4) is 0 Å². The Kier molecular flexibility index (Phi) is 5.96. The van der Waals surface area contributed by atoms with Gasteiger partial charge in [0.2, 0.25) is 0 Å². The number of benzene rings is 2. The van der Waals surface area contributed by atoms with Crippen LogP contribution in [0.5, 0.6) is 0 Å². The van der Waals surface area contributed by atoms with E-state index < -0.39 is 0 Å². The van der Waals surface area contributed by atoms with Gasteiger partial charge in [-0.3, -0.25) is 4.99 Å². The zero-order chi connectivity index (χ0) is 14.2. The predicted molar refractivity (Wildman–Crippen MR) is 89.4 cm³/mol. The van der Waals surface area contributed by atoms with E-state index in [9.17, 15) is 0 Å². The van der Waals surface area contributed by atoms with Crippen LogP contribution in [0, 0.1) is 0 Å². The van der Waals surface area contributed by atoms with Crippen molar-refractivity contribution >= 4 is 28.5 Å². The van der Waals surface area contributed by atoms with Crippen LogP contribution in [0.4, 0.5) is 0 Å². The number of hydrogen-bond donors (Lipinski definition) is 1. The molecule has 0 spiro atoms. The smallest absolute Gasteiger partial charge is 0.154 e. The highest BCUT2D eigenvalue weighted by Crippen LogP contribution is 2.20. The lowest BCUT2D eigenvalue weighted by Gasteiger charge is -2.04. The third-order valence-corrected chi connectivity index (χ3v) is 4.09. The van der Waals surface area contributed by atoms with Gasteiger partial charge in [-0.1, -0.05) is 71.9 Å². The summed E-state index contributed by atoms with van der Waals surface area (Å²) >= 11 is 7.62. The predicted octanol–water partition coefficient (Wildman–Crippen LogP) is 4.13. The molecule has 0 radical (unpaired) electrons. The maximum Gasteiger partial charge on any atom is 0.154 e. The summed E-state index contributed by atoms with van der Waals surface area (Å²) in [4.78, 5) is 4.38. The molecular weight excluding hydrogens is 288 g/mol. The van der Waals surface area contributed by atoms with E-state index >= 15 is 0 Å². The fourth-order valence-corrected chi connectivity index (χ4v) is 2.77. The van der Waals surface area contributed by atoms with Gasteiger partial charge in [-0.05, 0) is 23.6 Å². The van der Waals surface area contributed by atoms with Crippen LogP contribution in [-0.4, -0.2) is 11.7 Å². The van der Waals surface area contributed by atoms with Crippen LogP contribution < -0.4 is 5.73 Å². The third-order valence-electron chi connectivity index (χ3n) is 2.84. The molecule has 0 heterocycles. The van der Waals surface area contributed by atoms with Crippen LogP contribution in [0.25, 0.3) is 0 Å². The van der Waals surface area contributed by atoms with E-state index in [-0.39, 0.29) is 0 Å². The van der Waals surface area contributed by atoms with Crippen molar-refractivity contribution in [3.05, 3.63) is 70.7 Å². The molecule has 0 aliphatic heterocycles. The van der Waals surface area contributed by atoms with Crippen molar-refractivity contribution in [3.8, 4) is 0 Å². The van der Waals surface area contributed by atoms with E-state index in [1.165, 1.54) is 17.3 Å². The van der Waals surface area contributed by atoms with E-state index in [0.717, 1.165) is 22.8 Å². The highest BCUT2D eigenvalue weighted by Gasteiger charge is 2.01. The molecule has 0 fully saturated rings. The van der Waals surface area contributed by atoms with Crippen molar-refractivity contribution < 1.29 is 0 Å². The van der Waals surface area contributed by atoms with Gasteiger partial charge in [0.15, 0.2) is 5.17 Å². The number of rotatable bonds is 5. The lowest BCUT2D eigenvalue weighted by Crippen LogP contribution is -2.08. The Hall–Kier alpha value is -1.45. The third kappa shape index (κ3) is 4.91. The number of aliphatic imine (C=N–C) groups is 1. The second-order valence-electron chi connectivity index (χ2n) is 4.34. The second-order valence-corrected chi connectivity index (χ2v) is 5.74. The summed E-state index contributed by atoms with van der Waals surface area (Å²) in [6.45, 7) is 0.714. The Labute approximate surface area is 129 Å². The van der Waals surface area contributed by atoms with Gasteiger partial charge in [-0.2, -0.15) is 0 Å². The molecule has 0 saturated heterocycles. The zero-order valence-corrected chi connectivity index (χ0v) is 12.7. The minimum atomic E-state index is 0.612. The molecule has 0 aliphatic carbocycles. The van der Waals surface area contributed by atoms with Crippen LogP contribution in [0.2, 0.25) is 5.02 Å². The Bertz CT molecular complexity index is 570. The first kappa shape index (κ1) is 14.9. The van der Waals surface area contributed by atoms with E-state index in [0.29, 0.717) is 11.7 Å². The van der Waals surface area contributed by atoms with Crippen molar-refractivity contribution in [1.82, 2.24) is 0 Å². The standard InChI is InChI=1S/C16H17ClN2S/c17-15-9-5-4-8-14(15)12-20-16(18)19-11-10-13-6-2-1-3-7-13/h1-9H,10-12H2,(H2,18,19). The Morgan fingerprint density at radius 2 is 1.75 bits per heavy atom. The minimum absolute atomic E-state index is 0.612.